The highest BCUT2D eigenvalue weighted by Gasteiger charge is 2.15. The van der Waals surface area contributed by atoms with E-state index in [0.29, 0.717) is 12.1 Å². The van der Waals surface area contributed by atoms with E-state index in [2.05, 4.69) is 11.9 Å². The zero-order chi connectivity index (χ0) is 11.7. The van der Waals surface area contributed by atoms with Crippen molar-refractivity contribution in [3.05, 3.63) is 29.8 Å². The van der Waals surface area contributed by atoms with Gasteiger partial charge in [-0.2, -0.15) is 0 Å². The van der Waals surface area contributed by atoms with E-state index < -0.39 is 0 Å². The molecule has 3 nitrogen and oxygen atoms in total. The predicted molar refractivity (Wildman–Crippen MR) is 62.8 cm³/mol. The summed E-state index contributed by atoms with van der Waals surface area (Å²) in [6, 6.07) is 4.67. The first-order valence-electron chi connectivity index (χ1n) is 5.49. The van der Waals surface area contributed by atoms with Crippen LogP contribution in [0.25, 0.3) is 11.0 Å². The Morgan fingerprint density at radius 1 is 1.50 bits per heavy atom. The number of nitrogens with zero attached hydrogens (tertiary/aromatic N) is 2. The Hall–Kier alpha value is -1.42. The molecule has 16 heavy (non-hydrogen) atoms. The summed E-state index contributed by atoms with van der Waals surface area (Å²) in [5.41, 5.74) is 7.35. The molecule has 2 rings (SSSR count). The Labute approximate surface area is 94.1 Å². The summed E-state index contributed by atoms with van der Waals surface area (Å²) in [4.78, 5) is 4.46. The maximum absolute atomic E-state index is 13.1. The second-order valence-corrected chi connectivity index (χ2v) is 4.00. The smallest absolute Gasteiger partial charge is 0.125 e. The second-order valence-electron chi connectivity index (χ2n) is 4.00. The number of aryl methyl sites for hydroxylation is 1. The number of benzene rings is 1. The molecule has 1 atom stereocenters. The Morgan fingerprint density at radius 2 is 2.25 bits per heavy atom. The molecule has 0 radical (unpaired) electrons. The molecule has 0 amide bonds. The average Bonchev–Trinajstić information content (AvgIpc) is 2.58. The molecule has 0 fully saturated rings. The number of halogens is 1. The van der Waals surface area contributed by atoms with E-state index in [-0.39, 0.29) is 11.7 Å². The summed E-state index contributed by atoms with van der Waals surface area (Å²) in [6.45, 7) is 2.65. The lowest BCUT2D eigenvalue weighted by Gasteiger charge is -2.11. The van der Waals surface area contributed by atoms with Gasteiger partial charge in [0.05, 0.1) is 11.0 Å². The molecule has 1 aromatic carbocycles. The van der Waals surface area contributed by atoms with Gasteiger partial charge in [0.2, 0.25) is 0 Å². The van der Waals surface area contributed by atoms with Crippen LogP contribution in [0.4, 0.5) is 4.39 Å². The number of nitrogens with two attached hydrogens (primary N) is 1. The number of hydrogen-bond acceptors (Lipinski definition) is 2. The summed E-state index contributed by atoms with van der Waals surface area (Å²) >= 11 is 0. The van der Waals surface area contributed by atoms with Crippen molar-refractivity contribution in [3.63, 3.8) is 0 Å². The number of rotatable bonds is 3. The molecule has 0 saturated heterocycles. The largest absolute Gasteiger partial charge is 0.331 e. The van der Waals surface area contributed by atoms with Crippen LogP contribution in [0.3, 0.4) is 0 Å². The van der Waals surface area contributed by atoms with Crippen molar-refractivity contribution in [3.8, 4) is 0 Å². The predicted octanol–water partition coefficient (Wildman–Crippen LogP) is 2.16. The molecule has 2 aromatic rings. The summed E-state index contributed by atoms with van der Waals surface area (Å²) < 4.78 is 15.1. The quantitative estimate of drug-likeness (QED) is 0.863. The van der Waals surface area contributed by atoms with Crippen molar-refractivity contribution in [1.29, 1.82) is 0 Å². The van der Waals surface area contributed by atoms with Crippen LogP contribution in [0.1, 0.15) is 25.1 Å². The molecule has 0 spiro atoms. The van der Waals surface area contributed by atoms with E-state index >= 15 is 0 Å². The maximum atomic E-state index is 13.1. The van der Waals surface area contributed by atoms with Crippen LogP contribution in [-0.4, -0.2) is 16.1 Å². The van der Waals surface area contributed by atoms with Crippen LogP contribution in [0.5, 0.6) is 0 Å². The summed E-state index contributed by atoms with van der Waals surface area (Å²) in [5.74, 6) is 0.920. The van der Waals surface area contributed by atoms with Gasteiger partial charge in [0, 0.05) is 25.6 Å². The van der Waals surface area contributed by atoms with Crippen LogP contribution in [0.2, 0.25) is 0 Å². The fraction of sp³-hybridized carbons (Fsp3) is 0.417. The zero-order valence-corrected chi connectivity index (χ0v) is 9.57. The minimum absolute atomic E-state index is 0.237. The molecule has 0 bridgehead atoms. The van der Waals surface area contributed by atoms with Gasteiger partial charge in [0.15, 0.2) is 0 Å². The number of hydrogen-bond donors (Lipinski definition) is 1. The van der Waals surface area contributed by atoms with Crippen molar-refractivity contribution in [1.82, 2.24) is 9.55 Å². The van der Waals surface area contributed by atoms with Crippen LogP contribution >= 0.6 is 0 Å². The molecule has 1 aromatic heterocycles. The highest BCUT2D eigenvalue weighted by molar-refractivity contribution is 5.76. The van der Waals surface area contributed by atoms with E-state index in [9.17, 15) is 4.39 Å². The lowest BCUT2D eigenvalue weighted by atomic mass is 10.1. The Balaban J connectivity index is 2.59. The third-order valence-electron chi connectivity index (χ3n) is 3.02. The Bertz CT molecular complexity index is 500. The fourth-order valence-corrected chi connectivity index (χ4v) is 2.01. The van der Waals surface area contributed by atoms with E-state index in [1.807, 2.05) is 11.6 Å². The van der Waals surface area contributed by atoms with Crippen LogP contribution in [-0.2, 0) is 7.05 Å². The summed E-state index contributed by atoms with van der Waals surface area (Å²) in [6.07, 6.45) is 0.941. The molecule has 86 valence electrons. The summed E-state index contributed by atoms with van der Waals surface area (Å²) in [5, 5.41) is 0. The molecular formula is C12H16FN3. The first kappa shape index (κ1) is 11.1. The molecule has 1 unspecified atom stereocenters. The average molecular weight is 221 g/mol. The SMILES string of the molecule is CCC(CN)c1nc2cc(F)ccc2n1C. The monoisotopic (exact) mass is 221 g/mol. The van der Waals surface area contributed by atoms with Gasteiger partial charge >= 0.3 is 0 Å². The van der Waals surface area contributed by atoms with Gasteiger partial charge in [-0.05, 0) is 18.6 Å². The zero-order valence-electron chi connectivity index (χ0n) is 9.57. The normalized spacial score (nSPS) is 13.2. The van der Waals surface area contributed by atoms with Crippen molar-refractivity contribution in [2.45, 2.75) is 19.3 Å². The highest BCUT2D eigenvalue weighted by Crippen LogP contribution is 2.22. The molecule has 0 aliphatic carbocycles. The molecule has 2 N–H and O–H groups in total. The van der Waals surface area contributed by atoms with Crippen LogP contribution in [0, 0.1) is 5.82 Å². The van der Waals surface area contributed by atoms with Crippen molar-refractivity contribution < 1.29 is 4.39 Å². The van der Waals surface area contributed by atoms with Gasteiger partial charge in [-0.15, -0.1) is 0 Å². The van der Waals surface area contributed by atoms with Gasteiger partial charge in [-0.25, -0.2) is 9.37 Å². The van der Waals surface area contributed by atoms with Gasteiger partial charge in [0.1, 0.15) is 11.6 Å². The molecule has 0 saturated carbocycles. The maximum Gasteiger partial charge on any atom is 0.125 e. The van der Waals surface area contributed by atoms with Gasteiger partial charge in [-0.3, -0.25) is 0 Å². The standard InChI is InChI=1S/C12H16FN3/c1-3-8(7-14)12-15-10-6-9(13)4-5-11(10)16(12)2/h4-6,8H,3,7,14H2,1-2H3. The number of aromatic nitrogens is 2. The first-order valence-corrected chi connectivity index (χ1v) is 5.49. The van der Waals surface area contributed by atoms with E-state index in [0.717, 1.165) is 17.8 Å². The number of imidazole rings is 1. The lowest BCUT2D eigenvalue weighted by Crippen LogP contribution is -2.15. The van der Waals surface area contributed by atoms with Gasteiger partial charge in [0.25, 0.3) is 0 Å². The van der Waals surface area contributed by atoms with Gasteiger partial charge in [-0.1, -0.05) is 6.92 Å². The minimum Gasteiger partial charge on any atom is -0.331 e. The molecule has 1 heterocycles. The van der Waals surface area contributed by atoms with Crippen LogP contribution < -0.4 is 5.73 Å². The number of fused-ring (bicyclic) bond motifs is 1. The molecule has 0 aliphatic heterocycles. The molecule has 0 aliphatic rings. The van der Waals surface area contributed by atoms with E-state index in [4.69, 9.17) is 5.73 Å². The fourth-order valence-electron chi connectivity index (χ4n) is 2.01. The third-order valence-corrected chi connectivity index (χ3v) is 3.02. The second kappa shape index (κ2) is 4.22. The van der Waals surface area contributed by atoms with Crippen molar-refractivity contribution in [2.24, 2.45) is 12.8 Å². The molecule has 4 heteroatoms. The Morgan fingerprint density at radius 3 is 2.88 bits per heavy atom. The van der Waals surface area contributed by atoms with E-state index in [1.54, 1.807) is 6.07 Å². The van der Waals surface area contributed by atoms with Crippen LogP contribution in [0.15, 0.2) is 18.2 Å². The lowest BCUT2D eigenvalue weighted by molar-refractivity contribution is 0.608. The minimum atomic E-state index is -0.252. The first-order chi connectivity index (χ1) is 7.67. The molecular weight excluding hydrogens is 205 g/mol. The van der Waals surface area contributed by atoms with Crippen molar-refractivity contribution in [2.75, 3.05) is 6.54 Å². The van der Waals surface area contributed by atoms with E-state index in [1.165, 1.54) is 12.1 Å². The third kappa shape index (κ3) is 1.69. The Kier molecular flexibility index (Phi) is 2.92. The van der Waals surface area contributed by atoms with Gasteiger partial charge < -0.3 is 10.3 Å². The van der Waals surface area contributed by atoms with Crippen molar-refractivity contribution >= 4 is 11.0 Å². The topological polar surface area (TPSA) is 43.8 Å². The summed E-state index contributed by atoms with van der Waals surface area (Å²) in [7, 11) is 1.95. The highest BCUT2D eigenvalue weighted by atomic mass is 19.1.